The molecule has 1 heterocycles. The lowest BCUT2D eigenvalue weighted by molar-refractivity contribution is -0.116. The number of hydrogen-bond acceptors (Lipinski definition) is 3. The third-order valence-electron chi connectivity index (χ3n) is 3.58. The third kappa shape index (κ3) is 3.46. The first-order valence-electron chi connectivity index (χ1n) is 7.41. The lowest BCUT2D eigenvalue weighted by atomic mass is 10.00. The summed E-state index contributed by atoms with van der Waals surface area (Å²) >= 11 is 3.43. The Labute approximate surface area is 148 Å². The van der Waals surface area contributed by atoms with E-state index in [1.54, 1.807) is 54.8 Å². The van der Waals surface area contributed by atoms with E-state index >= 15 is 0 Å². The molecule has 24 heavy (non-hydrogen) atoms. The van der Waals surface area contributed by atoms with Gasteiger partial charge in [-0.3, -0.25) is 9.59 Å². The van der Waals surface area contributed by atoms with Crippen LogP contribution in [0.4, 0.5) is 5.69 Å². The fraction of sp³-hybridized carbons (Fsp3) is 0.0526. The molecule has 1 amide bonds. The molecule has 0 aliphatic carbocycles. The predicted molar refractivity (Wildman–Crippen MR) is 97.9 cm³/mol. The van der Waals surface area contributed by atoms with Crippen molar-refractivity contribution in [2.75, 3.05) is 5.32 Å². The van der Waals surface area contributed by atoms with Crippen molar-refractivity contribution in [3.05, 3.63) is 90.3 Å². The van der Waals surface area contributed by atoms with Crippen molar-refractivity contribution in [1.82, 2.24) is 5.32 Å². The van der Waals surface area contributed by atoms with Crippen LogP contribution in [-0.2, 0) is 4.79 Å². The number of para-hydroxylation sites is 1. The van der Waals surface area contributed by atoms with Crippen LogP contribution in [0.5, 0.6) is 0 Å². The molecule has 5 heteroatoms. The Balaban J connectivity index is 1.83. The van der Waals surface area contributed by atoms with Gasteiger partial charge in [0.15, 0.2) is 0 Å². The maximum Gasteiger partial charge on any atom is 0.249 e. The highest BCUT2D eigenvalue weighted by Crippen LogP contribution is 2.28. The summed E-state index contributed by atoms with van der Waals surface area (Å²) in [5.74, 6) is -0.443. The number of anilines is 1. The van der Waals surface area contributed by atoms with Gasteiger partial charge in [0.1, 0.15) is 4.32 Å². The van der Waals surface area contributed by atoms with Crippen molar-refractivity contribution in [2.45, 2.75) is 4.32 Å². The molecule has 1 unspecified atom stereocenters. The fourth-order valence-electron chi connectivity index (χ4n) is 2.32. The van der Waals surface area contributed by atoms with E-state index in [4.69, 9.17) is 0 Å². The molecular formula is C19H15BrN2O2. The molecular weight excluding hydrogens is 368 g/mol. The molecule has 3 rings (SSSR count). The average Bonchev–Trinajstić information content (AvgIpc) is 2.63. The lowest BCUT2D eigenvalue weighted by Crippen LogP contribution is -2.38. The highest BCUT2D eigenvalue weighted by Gasteiger charge is 2.34. The fourth-order valence-corrected chi connectivity index (χ4v) is 2.78. The molecule has 1 atom stereocenters. The van der Waals surface area contributed by atoms with Crippen LogP contribution in [0.25, 0.3) is 0 Å². The molecule has 2 N–H and O–H groups in total. The van der Waals surface area contributed by atoms with Crippen molar-refractivity contribution in [3.8, 4) is 0 Å². The summed E-state index contributed by atoms with van der Waals surface area (Å²) in [5, 5.41) is 5.74. The number of alkyl halides is 1. The number of halogens is 1. The van der Waals surface area contributed by atoms with Gasteiger partial charge in [-0.1, -0.05) is 64.5 Å². The van der Waals surface area contributed by atoms with Crippen molar-refractivity contribution < 1.29 is 9.59 Å². The van der Waals surface area contributed by atoms with Crippen LogP contribution in [0.15, 0.2) is 84.7 Å². The van der Waals surface area contributed by atoms with Gasteiger partial charge < -0.3 is 10.6 Å². The molecule has 0 saturated heterocycles. The number of Topliss-reactive ketones (excluding diaryl/α,β-unsaturated/α-hetero) is 1. The molecule has 1 aliphatic rings. The minimum absolute atomic E-state index is 0.170. The van der Waals surface area contributed by atoms with E-state index in [1.165, 1.54) is 0 Å². The van der Waals surface area contributed by atoms with Crippen LogP contribution in [-0.4, -0.2) is 16.0 Å². The molecule has 0 bridgehead atoms. The Kier molecular flexibility index (Phi) is 4.62. The summed E-state index contributed by atoms with van der Waals surface area (Å²) in [5.41, 5.74) is 1.60. The van der Waals surface area contributed by atoms with E-state index in [0.29, 0.717) is 16.9 Å². The molecule has 2 aromatic rings. The molecule has 0 fully saturated rings. The number of nitrogens with one attached hydrogen (secondary N) is 2. The van der Waals surface area contributed by atoms with Crippen LogP contribution in [0.1, 0.15) is 10.4 Å². The summed E-state index contributed by atoms with van der Waals surface area (Å²) in [6.07, 6.45) is 4.84. The van der Waals surface area contributed by atoms with Crippen LogP contribution in [0, 0.1) is 0 Å². The number of carbonyl (C=O) groups is 2. The van der Waals surface area contributed by atoms with Crippen LogP contribution in [0.2, 0.25) is 0 Å². The van der Waals surface area contributed by atoms with Gasteiger partial charge in [-0.15, -0.1) is 0 Å². The number of amides is 1. The van der Waals surface area contributed by atoms with Crippen molar-refractivity contribution in [1.29, 1.82) is 0 Å². The van der Waals surface area contributed by atoms with Gasteiger partial charge in [0.05, 0.1) is 5.70 Å². The number of hydrogen-bond donors (Lipinski definition) is 2. The first-order valence-corrected chi connectivity index (χ1v) is 8.20. The van der Waals surface area contributed by atoms with E-state index in [0.717, 1.165) is 0 Å². The maximum absolute atomic E-state index is 12.6. The second-order valence-electron chi connectivity index (χ2n) is 5.32. The molecule has 1 aliphatic heterocycles. The third-order valence-corrected chi connectivity index (χ3v) is 4.43. The van der Waals surface area contributed by atoms with Gasteiger partial charge in [0.2, 0.25) is 11.7 Å². The molecule has 2 aromatic carbocycles. The van der Waals surface area contributed by atoms with Gasteiger partial charge in [0, 0.05) is 11.3 Å². The Morgan fingerprint density at radius 2 is 1.58 bits per heavy atom. The van der Waals surface area contributed by atoms with E-state index in [9.17, 15) is 9.59 Å². The average molecular weight is 383 g/mol. The minimum atomic E-state index is -1.09. The van der Waals surface area contributed by atoms with Crippen LogP contribution in [0.3, 0.4) is 0 Å². The lowest BCUT2D eigenvalue weighted by Gasteiger charge is -2.24. The van der Waals surface area contributed by atoms with Gasteiger partial charge in [0.25, 0.3) is 0 Å². The van der Waals surface area contributed by atoms with E-state index in [1.807, 2.05) is 24.3 Å². The van der Waals surface area contributed by atoms with Crippen molar-refractivity contribution >= 4 is 33.3 Å². The highest BCUT2D eigenvalue weighted by molar-refractivity contribution is 9.10. The van der Waals surface area contributed by atoms with E-state index < -0.39 is 4.32 Å². The maximum atomic E-state index is 12.6. The SMILES string of the molecule is O=C(C1=CC(Br)(C(=O)Nc2ccccc2)C=CN1)c1ccccc1. The second-order valence-corrected chi connectivity index (χ2v) is 6.63. The Morgan fingerprint density at radius 1 is 0.958 bits per heavy atom. The number of benzene rings is 2. The predicted octanol–water partition coefficient (Wildman–Crippen LogP) is 3.64. The summed E-state index contributed by atoms with van der Waals surface area (Å²) in [7, 11) is 0. The Bertz CT molecular complexity index is 816. The molecule has 120 valence electrons. The number of allylic oxidation sites excluding steroid dienone is 1. The van der Waals surface area contributed by atoms with Gasteiger partial charge in [-0.05, 0) is 30.5 Å². The summed E-state index contributed by atoms with van der Waals surface area (Å²) < 4.78 is -1.09. The topological polar surface area (TPSA) is 58.2 Å². The zero-order valence-electron chi connectivity index (χ0n) is 12.7. The quantitative estimate of drug-likeness (QED) is 0.626. The van der Waals surface area contributed by atoms with Gasteiger partial charge in [-0.2, -0.15) is 0 Å². The van der Waals surface area contributed by atoms with Crippen LogP contribution < -0.4 is 10.6 Å². The zero-order valence-corrected chi connectivity index (χ0v) is 14.3. The number of dihydropyridines is 1. The largest absolute Gasteiger partial charge is 0.359 e. The van der Waals surface area contributed by atoms with Crippen molar-refractivity contribution in [3.63, 3.8) is 0 Å². The smallest absolute Gasteiger partial charge is 0.249 e. The summed E-state index contributed by atoms with van der Waals surface area (Å²) in [6, 6.07) is 18.1. The zero-order chi connectivity index (χ0) is 17.0. The number of rotatable bonds is 4. The molecule has 0 saturated carbocycles. The van der Waals surface area contributed by atoms with E-state index in [-0.39, 0.29) is 11.7 Å². The standard InChI is InChI=1S/C19H15BrN2O2/c20-19(18(24)22-15-9-5-2-6-10-15)11-12-21-16(13-19)17(23)14-7-3-1-4-8-14/h1-13,21H,(H,22,24). The Hall–Kier alpha value is -2.66. The summed E-state index contributed by atoms with van der Waals surface area (Å²) in [4.78, 5) is 25.2. The number of carbonyl (C=O) groups excluding carboxylic acids is 2. The van der Waals surface area contributed by atoms with Crippen molar-refractivity contribution in [2.24, 2.45) is 0 Å². The molecule has 0 spiro atoms. The minimum Gasteiger partial charge on any atom is -0.359 e. The van der Waals surface area contributed by atoms with Crippen LogP contribution >= 0.6 is 15.9 Å². The Morgan fingerprint density at radius 3 is 2.25 bits per heavy atom. The second kappa shape index (κ2) is 6.84. The molecule has 0 radical (unpaired) electrons. The monoisotopic (exact) mass is 382 g/mol. The molecule has 4 nitrogen and oxygen atoms in total. The van der Waals surface area contributed by atoms with E-state index in [2.05, 4.69) is 26.6 Å². The first-order chi connectivity index (χ1) is 11.6. The first kappa shape index (κ1) is 16.2. The summed E-state index contributed by atoms with van der Waals surface area (Å²) in [6.45, 7) is 0. The number of ketones is 1. The normalized spacial score (nSPS) is 19.1. The highest BCUT2D eigenvalue weighted by atomic mass is 79.9. The van der Waals surface area contributed by atoms with Gasteiger partial charge in [-0.25, -0.2) is 0 Å². The molecule has 0 aromatic heterocycles. The van der Waals surface area contributed by atoms with Gasteiger partial charge >= 0.3 is 0 Å².